The lowest BCUT2D eigenvalue weighted by atomic mass is 9.45. The van der Waals surface area contributed by atoms with Crippen molar-refractivity contribution in [1.82, 2.24) is 10.2 Å². The smallest absolute Gasteiger partial charge is 0.224 e. The van der Waals surface area contributed by atoms with Gasteiger partial charge in [-0.2, -0.15) is 0 Å². The normalized spacial score (nSPS) is 29.5. The minimum atomic E-state index is 0.131. The van der Waals surface area contributed by atoms with Gasteiger partial charge >= 0.3 is 0 Å². The first-order chi connectivity index (χ1) is 14.0. The van der Waals surface area contributed by atoms with Gasteiger partial charge in [0.2, 0.25) is 5.91 Å². The molecule has 3 saturated carbocycles. The van der Waals surface area contributed by atoms with Crippen LogP contribution in [0.1, 0.15) is 51.5 Å². The first kappa shape index (κ1) is 19.2. The molecule has 1 aromatic carbocycles. The summed E-state index contributed by atoms with van der Waals surface area (Å²) in [7, 11) is 0. The van der Waals surface area contributed by atoms with Gasteiger partial charge < -0.3 is 14.6 Å². The number of likely N-dealkylation sites (tertiary alicyclic amines) is 1. The van der Waals surface area contributed by atoms with E-state index in [0.717, 1.165) is 60.0 Å². The number of rotatable bonds is 5. The Morgan fingerprint density at radius 3 is 2.76 bits per heavy atom. The zero-order valence-corrected chi connectivity index (χ0v) is 17.8. The van der Waals surface area contributed by atoms with Gasteiger partial charge in [0.05, 0.1) is 18.9 Å². The largest absolute Gasteiger partial charge is 0.471 e. The van der Waals surface area contributed by atoms with Gasteiger partial charge in [0.15, 0.2) is 0 Å². The van der Waals surface area contributed by atoms with Crippen LogP contribution in [0.2, 0.25) is 0 Å². The van der Waals surface area contributed by atoms with Crippen LogP contribution in [-0.4, -0.2) is 36.5 Å². The number of furan rings is 1. The number of fused-ring (bicyclic) bond motifs is 3. The molecule has 1 amide bonds. The third-order valence-corrected chi connectivity index (χ3v) is 8.41. The minimum Gasteiger partial charge on any atom is -0.471 e. The number of piperidine rings is 1. The summed E-state index contributed by atoms with van der Waals surface area (Å²) in [6, 6.07) is 6.36. The van der Waals surface area contributed by atoms with E-state index in [1.807, 2.05) is 18.2 Å². The summed E-state index contributed by atoms with van der Waals surface area (Å²) in [5.74, 6) is 2.94. The van der Waals surface area contributed by atoms with Crippen molar-refractivity contribution in [1.29, 1.82) is 0 Å². The SMILES string of the molecule is CC1(C)C2CCC(CN3CCC(NC(=O)Cc4cccc5cocc45)CC3)[C@@H]1C2. The number of amides is 1. The van der Waals surface area contributed by atoms with Crippen molar-refractivity contribution in [2.24, 2.45) is 23.2 Å². The monoisotopic (exact) mass is 394 g/mol. The summed E-state index contributed by atoms with van der Waals surface area (Å²) < 4.78 is 5.30. The molecule has 4 heteroatoms. The van der Waals surface area contributed by atoms with Crippen molar-refractivity contribution in [2.75, 3.05) is 19.6 Å². The molecule has 2 heterocycles. The van der Waals surface area contributed by atoms with Crippen LogP contribution < -0.4 is 5.32 Å². The highest BCUT2D eigenvalue weighted by Crippen LogP contribution is 2.61. The molecule has 4 nitrogen and oxygen atoms in total. The zero-order valence-electron chi connectivity index (χ0n) is 17.8. The third kappa shape index (κ3) is 3.61. The van der Waals surface area contributed by atoms with Gasteiger partial charge in [-0.25, -0.2) is 0 Å². The maximum Gasteiger partial charge on any atom is 0.224 e. The average Bonchev–Trinajstić information content (AvgIpc) is 3.19. The summed E-state index contributed by atoms with van der Waals surface area (Å²) in [5, 5.41) is 5.39. The predicted molar refractivity (Wildman–Crippen MR) is 116 cm³/mol. The van der Waals surface area contributed by atoms with Crippen molar-refractivity contribution in [3.63, 3.8) is 0 Å². The Bertz CT molecular complexity index is 876. The van der Waals surface area contributed by atoms with Crippen molar-refractivity contribution in [3.8, 4) is 0 Å². The molecule has 4 aliphatic rings. The Hall–Kier alpha value is -1.81. The molecule has 1 saturated heterocycles. The fraction of sp³-hybridized carbons (Fsp3) is 0.640. The number of hydrogen-bond donors (Lipinski definition) is 1. The van der Waals surface area contributed by atoms with Gasteiger partial charge in [0.25, 0.3) is 0 Å². The van der Waals surface area contributed by atoms with Gasteiger partial charge in [-0.3, -0.25) is 4.79 Å². The first-order valence-electron chi connectivity index (χ1n) is 11.5. The molecule has 156 valence electrons. The van der Waals surface area contributed by atoms with Gasteiger partial charge in [0, 0.05) is 36.4 Å². The third-order valence-electron chi connectivity index (χ3n) is 8.41. The summed E-state index contributed by atoms with van der Waals surface area (Å²) in [4.78, 5) is 15.3. The topological polar surface area (TPSA) is 45.5 Å². The molecule has 0 radical (unpaired) electrons. The summed E-state index contributed by atoms with van der Waals surface area (Å²) in [6.07, 6.45) is 10.4. The lowest BCUT2D eigenvalue weighted by Crippen LogP contribution is -2.55. The quantitative estimate of drug-likeness (QED) is 0.804. The van der Waals surface area contributed by atoms with Gasteiger partial charge in [-0.05, 0) is 60.8 Å². The van der Waals surface area contributed by atoms with Gasteiger partial charge in [-0.1, -0.05) is 32.0 Å². The number of carbonyl (C=O) groups is 1. The van der Waals surface area contributed by atoms with E-state index in [2.05, 4.69) is 24.1 Å². The lowest BCUT2D eigenvalue weighted by molar-refractivity contribution is -0.121. The molecule has 1 N–H and O–H groups in total. The highest BCUT2D eigenvalue weighted by molar-refractivity contribution is 5.89. The maximum absolute atomic E-state index is 12.6. The summed E-state index contributed by atoms with van der Waals surface area (Å²) in [5.41, 5.74) is 1.62. The van der Waals surface area contributed by atoms with Gasteiger partial charge in [-0.15, -0.1) is 0 Å². The number of benzene rings is 1. The van der Waals surface area contributed by atoms with Crippen molar-refractivity contribution >= 4 is 16.7 Å². The van der Waals surface area contributed by atoms with Crippen molar-refractivity contribution in [3.05, 3.63) is 36.3 Å². The number of nitrogens with zero attached hydrogens (tertiary/aromatic N) is 1. The number of carbonyl (C=O) groups excluding carboxylic acids is 1. The van der Waals surface area contributed by atoms with Crippen LogP contribution in [0.15, 0.2) is 35.1 Å². The molecule has 1 aliphatic heterocycles. The van der Waals surface area contributed by atoms with Crippen LogP contribution in [0.5, 0.6) is 0 Å². The highest BCUT2D eigenvalue weighted by atomic mass is 16.3. The maximum atomic E-state index is 12.6. The zero-order chi connectivity index (χ0) is 20.0. The molecular weight excluding hydrogens is 360 g/mol. The Labute approximate surface area is 174 Å². The average molecular weight is 395 g/mol. The summed E-state index contributed by atoms with van der Waals surface area (Å²) >= 11 is 0. The molecular formula is C25H34N2O2. The molecule has 0 spiro atoms. The molecule has 6 rings (SSSR count). The van der Waals surface area contributed by atoms with E-state index in [9.17, 15) is 4.79 Å². The Kier molecular flexibility index (Phi) is 4.93. The van der Waals surface area contributed by atoms with Gasteiger partial charge in [0.1, 0.15) is 0 Å². The molecule has 4 fully saturated rings. The van der Waals surface area contributed by atoms with Crippen LogP contribution in [0.25, 0.3) is 10.8 Å². The van der Waals surface area contributed by atoms with E-state index in [4.69, 9.17) is 4.42 Å². The Balaban J connectivity index is 1.10. The van der Waals surface area contributed by atoms with Crippen molar-refractivity contribution < 1.29 is 9.21 Å². The standard InChI is InChI=1S/C25H34N2O2/c1-25(2)20-7-6-18(23(25)13-20)14-27-10-8-21(9-11-27)26-24(28)12-17-4-3-5-19-15-29-16-22(17)19/h3-5,15-16,18,20-21,23H,6-14H2,1-2H3,(H,26,28)/t18?,20?,23-/m0/s1. The lowest BCUT2D eigenvalue weighted by Gasteiger charge is -2.60. The molecule has 3 atom stereocenters. The predicted octanol–water partition coefficient (Wildman–Crippen LogP) is 4.63. The highest BCUT2D eigenvalue weighted by Gasteiger charge is 2.54. The van der Waals surface area contributed by atoms with Crippen molar-refractivity contribution in [2.45, 2.75) is 58.4 Å². The minimum absolute atomic E-state index is 0.131. The second-order valence-electron chi connectivity index (χ2n) is 10.3. The van der Waals surface area contributed by atoms with Crippen LogP contribution in [0, 0.1) is 23.2 Å². The molecule has 3 aliphatic carbocycles. The van der Waals surface area contributed by atoms with Crippen LogP contribution >= 0.6 is 0 Å². The molecule has 2 unspecified atom stereocenters. The van der Waals surface area contributed by atoms with E-state index in [-0.39, 0.29) is 5.91 Å². The molecule has 1 aromatic heterocycles. The fourth-order valence-electron chi connectivity index (χ4n) is 6.43. The van der Waals surface area contributed by atoms with E-state index in [0.29, 0.717) is 17.9 Å². The summed E-state index contributed by atoms with van der Waals surface area (Å²) in [6.45, 7) is 8.49. The second kappa shape index (κ2) is 7.46. The first-order valence-corrected chi connectivity index (χ1v) is 11.5. The van der Waals surface area contributed by atoms with E-state index < -0.39 is 0 Å². The van der Waals surface area contributed by atoms with Crippen LogP contribution in [0.3, 0.4) is 0 Å². The molecule has 2 bridgehead atoms. The molecule has 2 aromatic rings. The van der Waals surface area contributed by atoms with E-state index >= 15 is 0 Å². The van der Waals surface area contributed by atoms with E-state index in [1.165, 1.54) is 25.8 Å². The number of nitrogens with one attached hydrogen (secondary N) is 1. The Morgan fingerprint density at radius 1 is 1.17 bits per heavy atom. The number of hydrogen-bond acceptors (Lipinski definition) is 3. The molecule has 29 heavy (non-hydrogen) atoms. The van der Waals surface area contributed by atoms with E-state index in [1.54, 1.807) is 12.5 Å². The Morgan fingerprint density at radius 2 is 2.00 bits per heavy atom. The second-order valence-corrected chi connectivity index (χ2v) is 10.3. The van der Waals surface area contributed by atoms with Crippen LogP contribution in [0.4, 0.5) is 0 Å². The van der Waals surface area contributed by atoms with Crippen LogP contribution in [-0.2, 0) is 11.2 Å². The fourth-order valence-corrected chi connectivity index (χ4v) is 6.43.